The molecule has 2 aliphatic carbocycles. The monoisotopic (exact) mass is 639 g/mol. The minimum absolute atomic E-state index is 0.0173. The molecule has 0 unspecified atom stereocenters. The summed E-state index contributed by atoms with van der Waals surface area (Å²) in [7, 11) is -3.84. The van der Waals surface area contributed by atoms with Crippen molar-refractivity contribution < 1.29 is 71.7 Å². The van der Waals surface area contributed by atoms with Crippen molar-refractivity contribution in [3.63, 3.8) is 0 Å². The van der Waals surface area contributed by atoms with Crippen molar-refractivity contribution in [2.75, 3.05) is 13.7 Å². The van der Waals surface area contributed by atoms with Crippen molar-refractivity contribution in [2.45, 2.75) is 62.4 Å². The maximum absolute atomic E-state index is 13.6. The Kier molecular flexibility index (Phi) is 9.19. The Hall–Kier alpha value is -3.52. The molecular formula is C27H29NO15S-2. The number of nitrogens with two attached hydrogens (primary N) is 1. The van der Waals surface area contributed by atoms with E-state index in [0.717, 1.165) is 0 Å². The molecule has 1 heterocycles. The highest BCUT2D eigenvalue weighted by atomic mass is 32.3. The fourth-order valence-electron chi connectivity index (χ4n) is 5.75. The first kappa shape index (κ1) is 33.4. The van der Waals surface area contributed by atoms with Gasteiger partial charge in [0.05, 0.1) is 42.1 Å². The lowest BCUT2D eigenvalue weighted by Crippen LogP contribution is -2.53. The van der Waals surface area contributed by atoms with E-state index in [1.165, 1.54) is 25.3 Å². The quantitative estimate of drug-likeness (QED) is 0.107. The van der Waals surface area contributed by atoms with Gasteiger partial charge in [-0.2, -0.15) is 0 Å². The maximum Gasteiger partial charge on any atom is 0.202 e. The zero-order chi connectivity index (χ0) is 32.9. The van der Waals surface area contributed by atoms with Crippen molar-refractivity contribution in [1.82, 2.24) is 0 Å². The van der Waals surface area contributed by atoms with Gasteiger partial charge in [0.2, 0.25) is 5.78 Å². The Morgan fingerprint density at radius 3 is 2.32 bits per heavy atom. The maximum atomic E-state index is 13.6. The smallest absolute Gasteiger partial charge is 0.202 e. The van der Waals surface area contributed by atoms with Gasteiger partial charge in [-0.15, -0.1) is 0 Å². The van der Waals surface area contributed by atoms with Crippen molar-refractivity contribution >= 4 is 27.7 Å². The average Bonchev–Trinajstić information content (AvgIpc) is 2.94. The standard InChI is InChI=1S/C27H29NO11.H2O4S/c1-10-22(31)13(28)6-17(38-10)39-15-8-27(36,16(30)9-29)7-12-19(15)26(35)21-20(24(12)33)23(32)11-4-3-5-14(37-2)18(11)25(21)34;1-5(2,3)4/h3-5,10,13,15,17,22,29,31,33,35-36H,6-9,28H2,1-2H3;(H2,1,2,3,4)/p-2/t10-,13-,15-,17-,22+,27-;/m0./s1. The highest BCUT2D eigenvalue weighted by molar-refractivity contribution is 7.79. The summed E-state index contributed by atoms with van der Waals surface area (Å²) in [4.78, 5) is 39.7. The highest BCUT2D eigenvalue weighted by Gasteiger charge is 2.50. The first-order valence-electron chi connectivity index (χ1n) is 13.1. The van der Waals surface area contributed by atoms with Gasteiger partial charge in [-0.1, -0.05) is 12.1 Å². The first-order chi connectivity index (χ1) is 20.4. The molecule has 1 saturated heterocycles. The lowest BCUT2D eigenvalue weighted by atomic mass is 9.72. The number of carbonyl (C=O) groups excluding carboxylic acids is 3. The molecule has 0 spiro atoms. The number of carbonyl (C=O) groups is 3. The summed E-state index contributed by atoms with van der Waals surface area (Å²) >= 11 is 0. The van der Waals surface area contributed by atoms with Crippen molar-refractivity contribution in [3.05, 3.63) is 51.6 Å². The molecule has 5 rings (SSSR count). The van der Waals surface area contributed by atoms with Gasteiger partial charge >= 0.3 is 0 Å². The summed E-state index contributed by atoms with van der Waals surface area (Å²) in [5.74, 6) is -3.77. The van der Waals surface area contributed by atoms with Crippen LogP contribution in [0.4, 0.5) is 0 Å². The molecule has 3 aliphatic rings. The van der Waals surface area contributed by atoms with Crippen LogP contribution >= 0.6 is 0 Å². The number of phenols is 2. The minimum atomic E-state index is -5.17. The number of ether oxygens (including phenoxy) is 3. The Bertz CT molecular complexity index is 1600. The minimum Gasteiger partial charge on any atom is -0.759 e. The number of rotatable bonds is 5. The zero-order valence-corrected chi connectivity index (χ0v) is 24.1. The molecule has 1 fully saturated rings. The van der Waals surface area contributed by atoms with Crippen LogP contribution in [0.1, 0.15) is 68.8 Å². The number of methoxy groups -OCH3 is 1. The van der Waals surface area contributed by atoms with Crippen molar-refractivity contribution in [1.29, 1.82) is 0 Å². The van der Waals surface area contributed by atoms with Gasteiger partial charge in [0.15, 0.2) is 17.9 Å². The molecule has 16 nitrogen and oxygen atoms in total. The summed E-state index contributed by atoms with van der Waals surface area (Å²) in [5.41, 5.74) is 2.37. The Labute approximate surface area is 250 Å². The molecule has 0 radical (unpaired) electrons. The first-order valence-corrected chi connectivity index (χ1v) is 14.4. The van der Waals surface area contributed by atoms with E-state index in [1.54, 1.807) is 6.92 Å². The molecule has 0 aromatic heterocycles. The third kappa shape index (κ3) is 6.06. The lowest BCUT2D eigenvalue weighted by molar-refractivity contribution is -0.247. The second-order valence-electron chi connectivity index (χ2n) is 10.6. The molecule has 0 amide bonds. The lowest BCUT2D eigenvalue weighted by Gasteiger charge is -2.42. The largest absolute Gasteiger partial charge is 0.759 e. The Morgan fingerprint density at radius 1 is 1.14 bits per heavy atom. The summed E-state index contributed by atoms with van der Waals surface area (Å²) in [6.45, 7) is 0.560. The van der Waals surface area contributed by atoms with Gasteiger partial charge in [-0.05, 0) is 13.0 Å². The van der Waals surface area contributed by atoms with Crippen LogP contribution in [0.2, 0.25) is 0 Å². The topological polar surface area (TPSA) is 286 Å². The number of aromatic hydroxyl groups is 2. The van der Waals surface area contributed by atoms with Crippen LogP contribution in [0.25, 0.3) is 0 Å². The molecule has 6 atom stereocenters. The van der Waals surface area contributed by atoms with E-state index in [9.17, 15) is 39.9 Å². The number of phenolic OH excluding ortho intramolecular Hbond substituents is 2. The van der Waals surface area contributed by atoms with E-state index in [2.05, 4.69) is 0 Å². The van der Waals surface area contributed by atoms with Crippen LogP contribution in [-0.2, 0) is 31.1 Å². The van der Waals surface area contributed by atoms with Crippen molar-refractivity contribution in [3.8, 4) is 17.2 Å². The third-order valence-electron chi connectivity index (χ3n) is 7.81. The third-order valence-corrected chi connectivity index (χ3v) is 7.81. The van der Waals surface area contributed by atoms with Gasteiger partial charge in [-0.25, -0.2) is 0 Å². The predicted octanol–water partition coefficient (Wildman–Crippen LogP) is -1.34. The second kappa shape index (κ2) is 12.1. The van der Waals surface area contributed by atoms with Gasteiger partial charge in [0.25, 0.3) is 0 Å². The van der Waals surface area contributed by atoms with Crippen LogP contribution in [0.3, 0.4) is 0 Å². The van der Waals surface area contributed by atoms with Gasteiger partial charge in [0.1, 0.15) is 29.5 Å². The SMILES string of the molecule is COc1cccc2c1C(=O)c1c(O)c3c(c(O)c1C2=O)C[C@@](O)(C(=O)CO)C[C@@H]3O[C@H]1C[C@H](N)[C@H](O)[C@H](C)O1.O=S(=O)([O-])[O-]. The number of ketones is 3. The number of aliphatic hydroxyl groups excluding tert-OH is 2. The second-order valence-corrected chi connectivity index (χ2v) is 11.4. The Balaban J connectivity index is 0.000000818. The highest BCUT2D eigenvalue weighted by Crippen LogP contribution is 2.52. The molecule has 0 bridgehead atoms. The molecular weight excluding hydrogens is 610 g/mol. The Morgan fingerprint density at radius 2 is 1.75 bits per heavy atom. The van der Waals surface area contributed by atoms with Crippen LogP contribution in [0.15, 0.2) is 18.2 Å². The molecule has 2 aromatic rings. The van der Waals surface area contributed by atoms with Crippen LogP contribution in [-0.4, -0.2) is 104 Å². The summed E-state index contributed by atoms with van der Waals surface area (Å²) in [6.07, 6.45) is -5.12. The van der Waals surface area contributed by atoms with E-state index in [-0.39, 0.29) is 34.4 Å². The number of fused-ring (bicyclic) bond motifs is 3. The van der Waals surface area contributed by atoms with E-state index in [4.69, 9.17) is 37.5 Å². The fraction of sp³-hybridized carbons (Fsp3) is 0.444. The predicted molar refractivity (Wildman–Crippen MR) is 142 cm³/mol. The molecule has 2 aromatic carbocycles. The van der Waals surface area contributed by atoms with Gasteiger partial charge in [-0.3, -0.25) is 22.8 Å². The molecule has 7 N–H and O–H groups in total. The molecule has 240 valence electrons. The number of hydrogen-bond acceptors (Lipinski definition) is 16. The van der Waals surface area contributed by atoms with E-state index in [0.29, 0.717) is 0 Å². The number of benzene rings is 2. The molecule has 0 saturated carbocycles. The van der Waals surface area contributed by atoms with E-state index in [1.807, 2.05) is 0 Å². The average molecular weight is 640 g/mol. The number of Topliss-reactive ketones (excluding diaryl/α,β-unsaturated/α-hetero) is 1. The molecule has 1 aliphatic heterocycles. The zero-order valence-electron chi connectivity index (χ0n) is 23.3. The summed E-state index contributed by atoms with van der Waals surface area (Å²) < 4.78 is 51.1. The fourth-order valence-corrected chi connectivity index (χ4v) is 5.75. The number of aliphatic hydroxyl groups is 3. The number of hydrogen-bond donors (Lipinski definition) is 6. The molecule has 17 heteroatoms. The van der Waals surface area contributed by atoms with Crippen LogP contribution in [0.5, 0.6) is 17.2 Å². The van der Waals surface area contributed by atoms with Gasteiger partial charge in [0, 0.05) is 52.4 Å². The summed E-state index contributed by atoms with van der Waals surface area (Å²) in [5, 5.41) is 53.7. The van der Waals surface area contributed by atoms with Gasteiger partial charge < -0.3 is 54.6 Å². The van der Waals surface area contributed by atoms with E-state index < -0.39 is 106 Å². The van der Waals surface area contributed by atoms with E-state index >= 15 is 0 Å². The van der Waals surface area contributed by atoms with Crippen molar-refractivity contribution in [2.24, 2.45) is 5.73 Å². The molecule has 44 heavy (non-hydrogen) atoms. The van der Waals surface area contributed by atoms with Crippen LogP contribution in [0, 0.1) is 0 Å². The van der Waals surface area contributed by atoms with Crippen LogP contribution < -0.4 is 10.5 Å². The normalized spacial score (nSPS) is 27.8. The summed E-state index contributed by atoms with van der Waals surface area (Å²) in [6, 6.07) is 3.64.